The van der Waals surface area contributed by atoms with Gasteiger partial charge in [-0.05, 0) is 45.1 Å². The molecule has 1 aromatic rings. The first kappa shape index (κ1) is 15.6. The first-order valence-corrected chi connectivity index (χ1v) is 7.73. The van der Waals surface area contributed by atoms with Crippen LogP contribution in [-0.2, 0) is 4.74 Å². The van der Waals surface area contributed by atoms with Gasteiger partial charge in [0.15, 0.2) is 5.84 Å². The molecule has 3 N–H and O–H groups in total. The molecule has 1 saturated carbocycles. The van der Waals surface area contributed by atoms with Crippen LogP contribution in [-0.4, -0.2) is 33.7 Å². The molecular formula is C14H21N3O3S. The van der Waals surface area contributed by atoms with Gasteiger partial charge in [0, 0.05) is 10.9 Å². The van der Waals surface area contributed by atoms with E-state index < -0.39 is 17.7 Å². The number of rotatable bonds is 4. The Labute approximate surface area is 128 Å². The molecule has 0 radical (unpaired) electrons. The number of nitrogens with zero attached hydrogens (tertiary/aromatic N) is 2. The third-order valence-electron chi connectivity index (χ3n) is 3.03. The van der Waals surface area contributed by atoms with Gasteiger partial charge in [0.1, 0.15) is 11.6 Å². The van der Waals surface area contributed by atoms with Crippen LogP contribution in [0, 0.1) is 0 Å². The van der Waals surface area contributed by atoms with Crippen LogP contribution in [0.4, 0.5) is 4.79 Å². The summed E-state index contributed by atoms with van der Waals surface area (Å²) in [7, 11) is 0. The zero-order valence-corrected chi connectivity index (χ0v) is 13.3. The lowest BCUT2D eigenvalue weighted by atomic mass is 10.1. The van der Waals surface area contributed by atoms with Crippen LogP contribution in [0.15, 0.2) is 22.7 Å². The van der Waals surface area contributed by atoms with E-state index in [1.165, 1.54) is 11.3 Å². The van der Waals surface area contributed by atoms with Gasteiger partial charge in [0.05, 0.1) is 0 Å². The third-order valence-corrected chi connectivity index (χ3v) is 3.96. The van der Waals surface area contributed by atoms with Crippen LogP contribution in [0.1, 0.15) is 44.5 Å². The average molecular weight is 311 g/mol. The van der Waals surface area contributed by atoms with Gasteiger partial charge >= 0.3 is 6.09 Å². The molecule has 21 heavy (non-hydrogen) atoms. The minimum absolute atomic E-state index is 0.00444. The molecule has 1 aromatic heterocycles. The second kappa shape index (κ2) is 5.93. The Hall–Kier alpha value is -1.76. The average Bonchev–Trinajstić information content (AvgIpc) is 3.07. The van der Waals surface area contributed by atoms with Crippen molar-refractivity contribution in [1.82, 2.24) is 4.90 Å². The van der Waals surface area contributed by atoms with Crippen LogP contribution < -0.4 is 5.73 Å². The molecule has 1 aliphatic rings. The van der Waals surface area contributed by atoms with Crippen molar-refractivity contribution in [1.29, 1.82) is 0 Å². The number of ether oxygens (including phenoxy) is 1. The van der Waals surface area contributed by atoms with E-state index in [4.69, 9.17) is 15.7 Å². The minimum atomic E-state index is -0.588. The molecule has 1 atom stereocenters. The molecule has 0 aliphatic heterocycles. The van der Waals surface area contributed by atoms with Crippen LogP contribution in [0.5, 0.6) is 0 Å². The van der Waals surface area contributed by atoms with Crippen LogP contribution >= 0.6 is 11.3 Å². The Bertz CT molecular complexity index is 518. The number of oxime groups is 1. The molecule has 1 fully saturated rings. The Morgan fingerprint density at radius 3 is 2.67 bits per heavy atom. The molecule has 2 rings (SSSR count). The van der Waals surface area contributed by atoms with Crippen LogP contribution in [0.3, 0.4) is 0 Å². The van der Waals surface area contributed by atoms with E-state index >= 15 is 0 Å². The van der Waals surface area contributed by atoms with Gasteiger partial charge in [-0.25, -0.2) is 4.79 Å². The first-order valence-electron chi connectivity index (χ1n) is 6.85. The summed E-state index contributed by atoms with van der Waals surface area (Å²) in [6.45, 7) is 5.46. The highest BCUT2D eigenvalue weighted by Crippen LogP contribution is 2.37. The normalized spacial score (nSPS) is 17.4. The van der Waals surface area contributed by atoms with Crippen LogP contribution in [0.25, 0.3) is 0 Å². The fourth-order valence-corrected chi connectivity index (χ4v) is 2.89. The number of amidine groups is 1. The number of nitrogens with two attached hydrogens (primary N) is 1. The van der Waals surface area contributed by atoms with Crippen molar-refractivity contribution in [2.24, 2.45) is 10.9 Å². The quantitative estimate of drug-likeness (QED) is 0.387. The first-order chi connectivity index (χ1) is 9.83. The second-order valence-corrected chi connectivity index (χ2v) is 7.04. The van der Waals surface area contributed by atoms with E-state index in [1.54, 1.807) is 4.90 Å². The summed E-state index contributed by atoms with van der Waals surface area (Å²) in [6, 6.07) is 3.23. The van der Waals surface area contributed by atoms with Crippen molar-refractivity contribution in [2.45, 2.75) is 51.3 Å². The highest BCUT2D eigenvalue weighted by Gasteiger charge is 2.42. The lowest BCUT2D eigenvalue weighted by Gasteiger charge is -2.32. The number of carbonyl (C=O) groups excluding carboxylic acids is 1. The molecule has 1 heterocycles. The molecule has 116 valence electrons. The summed E-state index contributed by atoms with van der Waals surface area (Å²) in [5.74, 6) is -0.00444. The van der Waals surface area contributed by atoms with Gasteiger partial charge in [0.25, 0.3) is 0 Å². The summed E-state index contributed by atoms with van der Waals surface area (Å²) in [6.07, 6.45) is 1.37. The molecule has 1 amide bonds. The van der Waals surface area contributed by atoms with Gasteiger partial charge in [-0.1, -0.05) is 11.2 Å². The number of amides is 1. The van der Waals surface area contributed by atoms with Crippen LogP contribution in [0.2, 0.25) is 0 Å². The molecule has 0 saturated heterocycles. The Morgan fingerprint density at radius 1 is 1.57 bits per heavy atom. The van der Waals surface area contributed by atoms with E-state index in [-0.39, 0.29) is 11.9 Å². The third kappa shape index (κ3) is 3.87. The fourth-order valence-electron chi connectivity index (χ4n) is 2.06. The predicted molar refractivity (Wildman–Crippen MR) is 81.6 cm³/mol. The summed E-state index contributed by atoms with van der Waals surface area (Å²) in [5, 5.41) is 14.1. The topological polar surface area (TPSA) is 88.2 Å². The van der Waals surface area contributed by atoms with Crippen molar-refractivity contribution in [3.63, 3.8) is 0 Å². The molecule has 0 spiro atoms. The molecular weight excluding hydrogens is 290 g/mol. The summed E-state index contributed by atoms with van der Waals surface area (Å²) in [5.41, 5.74) is 5.25. The molecule has 0 unspecified atom stereocenters. The van der Waals surface area contributed by atoms with E-state index in [2.05, 4.69) is 5.16 Å². The number of thiophene rings is 1. The summed E-state index contributed by atoms with van der Waals surface area (Å²) < 4.78 is 5.47. The second-order valence-electron chi connectivity index (χ2n) is 6.06. The number of hydrogen-bond donors (Lipinski definition) is 2. The van der Waals surface area contributed by atoms with Crippen molar-refractivity contribution in [3.05, 3.63) is 22.4 Å². The van der Waals surface area contributed by atoms with E-state index in [9.17, 15) is 4.79 Å². The standard InChI is InChI=1S/C14H21N3O3S/c1-14(2,3)20-13(18)17(9-6-7-9)11(12(15)16-19)10-5-4-8-21-10/h4-5,8-9,11,19H,6-7H2,1-3H3,(H2,15,16)/t11-/m0/s1. The predicted octanol–water partition coefficient (Wildman–Crippen LogP) is 2.94. The van der Waals surface area contributed by atoms with Crippen molar-refractivity contribution < 1.29 is 14.7 Å². The summed E-state index contributed by atoms with van der Waals surface area (Å²) in [4.78, 5) is 15.0. The summed E-state index contributed by atoms with van der Waals surface area (Å²) >= 11 is 1.46. The van der Waals surface area contributed by atoms with Crippen molar-refractivity contribution >= 4 is 23.3 Å². The number of carbonyl (C=O) groups is 1. The highest BCUT2D eigenvalue weighted by atomic mass is 32.1. The van der Waals surface area contributed by atoms with Gasteiger partial charge in [-0.15, -0.1) is 11.3 Å². The minimum Gasteiger partial charge on any atom is -0.444 e. The van der Waals surface area contributed by atoms with Gasteiger partial charge in [-0.2, -0.15) is 0 Å². The van der Waals surface area contributed by atoms with Gasteiger partial charge in [-0.3, -0.25) is 4.90 Å². The molecule has 7 heteroatoms. The maximum absolute atomic E-state index is 12.5. The SMILES string of the molecule is CC(C)(C)OC(=O)N(C1CC1)[C@H](C(N)=NO)c1cccs1. The van der Waals surface area contributed by atoms with E-state index in [0.717, 1.165) is 17.7 Å². The van der Waals surface area contributed by atoms with Crippen molar-refractivity contribution in [3.8, 4) is 0 Å². The maximum Gasteiger partial charge on any atom is 0.411 e. The zero-order valence-electron chi connectivity index (χ0n) is 12.4. The maximum atomic E-state index is 12.5. The lowest BCUT2D eigenvalue weighted by molar-refractivity contribution is 0.0192. The van der Waals surface area contributed by atoms with Gasteiger partial charge < -0.3 is 15.7 Å². The van der Waals surface area contributed by atoms with Gasteiger partial charge in [0.2, 0.25) is 0 Å². The largest absolute Gasteiger partial charge is 0.444 e. The molecule has 6 nitrogen and oxygen atoms in total. The lowest BCUT2D eigenvalue weighted by Crippen LogP contribution is -2.45. The van der Waals surface area contributed by atoms with E-state index in [1.807, 2.05) is 38.3 Å². The highest BCUT2D eigenvalue weighted by molar-refractivity contribution is 7.10. The fraction of sp³-hybridized carbons (Fsp3) is 0.571. The smallest absolute Gasteiger partial charge is 0.411 e. The molecule has 0 bridgehead atoms. The molecule has 1 aliphatic carbocycles. The molecule has 0 aromatic carbocycles. The van der Waals surface area contributed by atoms with E-state index in [0.29, 0.717) is 0 Å². The number of hydrogen-bond acceptors (Lipinski definition) is 5. The zero-order chi connectivity index (χ0) is 15.6. The Morgan fingerprint density at radius 2 is 2.24 bits per heavy atom. The Balaban J connectivity index is 2.31. The van der Waals surface area contributed by atoms with Crippen molar-refractivity contribution in [2.75, 3.05) is 0 Å². The Kier molecular flexibility index (Phi) is 4.41. The monoisotopic (exact) mass is 311 g/mol.